The van der Waals surface area contributed by atoms with Gasteiger partial charge in [0, 0.05) is 26.1 Å². The molecular weight excluding hydrogens is 204 g/mol. The van der Waals surface area contributed by atoms with Gasteiger partial charge >= 0.3 is 0 Å². The van der Waals surface area contributed by atoms with Crippen LogP contribution in [-0.4, -0.2) is 32.8 Å². The number of ether oxygens (including phenoxy) is 2. The lowest BCUT2D eigenvalue weighted by molar-refractivity contribution is 0.183. The Morgan fingerprint density at radius 1 is 1.44 bits per heavy atom. The normalized spacial score (nSPS) is 19.1. The predicted molar refractivity (Wildman–Crippen MR) is 62.7 cm³/mol. The van der Waals surface area contributed by atoms with Gasteiger partial charge in [0.15, 0.2) is 0 Å². The van der Waals surface area contributed by atoms with Gasteiger partial charge in [-0.25, -0.2) is 5.43 Å². The lowest BCUT2D eigenvalue weighted by Crippen LogP contribution is -2.36. The molecule has 1 aromatic rings. The molecule has 1 unspecified atom stereocenters. The Balaban J connectivity index is 2.28. The monoisotopic (exact) mass is 222 g/mol. The Hall–Kier alpha value is -1.26. The van der Waals surface area contributed by atoms with Crippen LogP contribution >= 0.6 is 0 Å². The maximum Gasteiger partial charge on any atom is 0.124 e. The molecule has 0 aliphatic carbocycles. The van der Waals surface area contributed by atoms with Crippen molar-refractivity contribution >= 4 is 0 Å². The van der Waals surface area contributed by atoms with E-state index in [1.807, 2.05) is 37.3 Å². The van der Waals surface area contributed by atoms with Crippen molar-refractivity contribution in [1.82, 2.24) is 10.4 Å². The van der Waals surface area contributed by atoms with Crippen molar-refractivity contribution < 1.29 is 9.47 Å². The van der Waals surface area contributed by atoms with E-state index in [-0.39, 0.29) is 0 Å². The highest BCUT2D eigenvalue weighted by molar-refractivity contribution is 5.43. The molecule has 1 atom stereocenters. The molecule has 1 aliphatic heterocycles. The molecule has 0 saturated heterocycles. The van der Waals surface area contributed by atoms with Gasteiger partial charge in [0.2, 0.25) is 0 Å². The fraction of sp³-hybridized carbons (Fsp3) is 0.500. The van der Waals surface area contributed by atoms with Crippen LogP contribution in [0.25, 0.3) is 0 Å². The van der Waals surface area contributed by atoms with Crippen LogP contribution < -0.4 is 14.9 Å². The van der Waals surface area contributed by atoms with E-state index in [1.54, 1.807) is 7.11 Å². The number of benzene rings is 1. The maximum absolute atomic E-state index is 5.62. The second-order valence-corrected chi connectivity index (χ2v) is 4.12. The van der Waals surface area contributed by atoms with Crippen molar-refractivity contribution in [2.75, 3.05) is 27.8 Å². The van der Waals surface area contributed by atoms with Crippen molar-refractivity contribution in [2.24, 2.45) is 0 Å². The summed E-state index contributed by atoms with van der Waals surface area (Å²) in [6.45, 7) is 0.755. The highest BCUT2D eigenvalue weighted by atomic mass is 16.5. The zero-order valence-corrected chi connectivity index (χ0v) is 9.99. The van der Waals surface area contributed by atoms with Crippen molar-refractivity contribution in [1.29, 1.82) is 0 Å². The first kappa shape index (κ1) is 11.2. The van der Waals surface area contributed by atoms with Crippen molar-refractivity contribution in [3.05, 3.63) is 23.8 Å². The highest BCUT2D eigenvalue weighted by Gasteiger charge is 2.22. The van der Waals surface area contributed by atoms with Gasteiger partial charge in [0.25, 0.3) is 0 Å². The summed E-state index contributed by atoms with van der Waals surface area (Å²) in [5.41, 5.74) is 4.55. The van der Waals surface area contributed by atoms with Crippen LogP contribution in [0.4, 0.5) is 0 Å². The topological polar surface area (TPSA) is 33.7 Å². The van der Waals surface area contributed by atoms with Crippen LogP contribution in [0, 0.1) is 0 Å². The molecule has 2 rings (SSSR count). The van der Waals surface area contributed by atoms with Crippen molar-refractivity contribution in [3.8, 4) is 11.5 Å². The molecule has 16 heavy (non-hydrogen) atoms. The average Bonchev–Trinajstić information content (AvgIpc) is 2.28. The number of nitrogens with zero attached hydrogens (tertiary/aromatic N) is 1. The number of rotatable bonds is 3. The minimum atomic E-state index is 0.300. The van der Waals surface area contributed by atoms with E-state index in [4.69, 9.17) is 9.47 Å². The Morgan fingerprint density at radius 3 is 2.94 bits per heavy atom. The van der Waals surface area contributed by atoms with E-state index in [0.717, 1.165) is 24.5 Å². The third-order valence-electron chi connectivity index (χ3n) is 2.67. The predicted octanol–water partition coefficient (Wildman–Crippen LogP) is 1.58. The number of hydrazine groups is 1. The van der Waals surface area contributed by atoms with Crippen LogP contribution in [0.2, 0.25) is 0 Å². The van der Waals surface area contributed by atoms with Crippen LogP contribution in [0.5, 0.6) is 11.5 Å². The summed E-state index contributed by atoms with van der Waals surface area (Å²) in [5, 5.41) is 1.97. The first-order chi connectivity index (χ1) is 7.70. The van der Waals surface area contributed by atoms with Gasteiger partial charge in [-0.15, -0.1) is 0 Å². The number of nitrogens with one attached hydrogen (secondary N) is 1. The van der Waals surface area contributed by atoms with E-state index in [1.165, 1.54) is 5.56 Å². The van der Waals surface area contributed by atoms with Gasteiger partial charge in [-0.3, -0.25) is 5.01 Å². The van der Waals surface area contributed by atoms with Crippen molar-refractivity contribution in [2.45, 2.75) is 12.5 Å². The summed E-state index contributed by atoms with van der Waals surface area (Å²) in [6, 6.07) is 6.23. The number of fused-ring (bicyclic) bond motifs is 1. The zero-order chi connectivity index (χ0) is 11.5. The summed E-state index contributed by atoms with van der Waals surface area (Å²) in [4.78, 5) is 0. The molecule has 4 heteroatoms. The Morgan fingerprint density at radius 2 is 2.25 bits per heavy atom. The average molecular weight is 222 g/mol. The SMILES string of the molecule is COc1ccc2c(c1)C(NN(C)C)CCO2. The molecule has 0 spiro atoms. The number of hydrogen-bond acceptors (Lipinski definition) is 4. The molecule has 1 aliphatic rings. The van der Waals surface area contributed by atoms with Gasteiger partial charge in [-0.2, -0.15) is 0 Å². The zero-order valence-electron chi connectivity index (χ0n) is 9.99. The second-order valence-electron chi connectivity index (χ2n) is 4.12. The summed E-state index contributed by atoms with van der Waals surface area (Å²) >= 11 is 0. The summed E-state index contributed by atoms with van der Waals surface area (Å²) < 4.78 is 10.9. The Kier molecular flexibility index (Phi) is 3.31. The lowest BCUT2D eigenvalue weighted by atomic mass is 10.0. The molecule has 0 aromatic heterocycles. The number of hydrogen-bond donors (Lipinski definition) is 1. The third-order valence-corrected chi connectivity index (χ3v) is 2.67. The van der Waals surface area contributed by atoms with E-state index in [9.17, 15) is 0 Å². The molecule has 0 radical (unpaired) electrons. The third kappa shape index (κ3) is 2.28. The molecule has 1 aromatic carbocycles. The van der Waals surface area contributed by atoms with Crippen LogP contribution in [0.15, 0.2) is 18.2 Å². The first-order valence-corrected chi connectivity index (χ1v) is 5.45. The lowest BCUT2D eigenvalue weighted by Gasteiger charge is -2.29. The molecule has 1 N–H and O–H groups in total. The quantitative estimate of drug-likeness (QED) is 0.787. The Labute approximate surface area is 96.1 Å². The van der Waals surface area contributed by atoms with E-state index in [0.29, 0.717) is 6.04 Å². The van der Waals surface area contributed by atoms with E-state index < -0.39 is 0 Å². The van der Waals surface area contributed by atoms with Crippen LogP contribution in [-0.2, 0) is 0 Å². The van der Waals surface area contributed by atoms with Gasteiger partial charge in [-0.1, -0.05) is 0 Å². The van der Waals surface area contributed by atoms with Gasteiger partial charge < -0.3 is 9.47 Å². The summed E-state index contributed by atoms with van der Waals surface area (Å²) in [6.07, 6.45) is 0.971. The highest BCUT2D eigenvalue weighted by Crippen LogP contribution is 2.34. The molecule has 1 heterocycles. The molecule has 0 amide bonds. The molecule has 4 nitrogen and oxygen atoms in total. The van der Waals surface area contributed by atoms with Crippen LogP contribution in [0.1, 0.15) is 18.0 Å². The summed E-state index contributed by atoms with van der Waals surface area (Å²) in [5.74, 6) is 1.82. The largest absolute Gasteiger partial charge is 0.497 e. The molecule has 0 saturated carbocycles. The fourth-order valence-electron chi connectivity index (χ4n) is 1.95. The van der Waals surface area contributed by atoms with Gasteiger partial charge in [0.1, 0.15) is 11.5 Å². The molecule has 88 valence electrons. The second kappa shape index (κ2) is 4.72. The Bertz CT molecular complexity index is 366. The minimum absolute atomic E-state index is 0.300. The van der Waals surface area contributed by atoms with Gasteiger partial charge in [0.05, 0.1) is 19.8 Å². The number of methoxy groups -OCH3 is 1. The minimum Gasteiger partial charge on any atom is -0.497 e. The first-order valence-electron chi connectivity index (χ1n) is 5.45. The van der Waals surface area contributed by atoms with E-state index >= 15 is 0 Å². The fourth-order valence-corrected chi connectivity index (χ4v) is 1.95. The molecule has 0 fully saturated rings. The molecule has 0 bridgehead atoms. The van der Waals surface area contributed by atoms with Gasteiger partial charge in [-0.05, 0) is 18.2 Å². The van der Waals surface area contributed by atoms with Crippen molar-refractivity contribution in [3.63, 3.8) is 0 Å². The molecular formula is C12H18N2O2. The standard InChI is InChI=1S/C12H18N2O2/c1-14(2)13-11-6-7-16-12-5-4-9(15-3)8-10(11)12/h4-5,8,11,13H,6-7H2,1-3H3. The van der Waals surface area contributed by atoms with Crippen LogP contribution in [0.3, 0.4) is 0 Å². The van der Waals surface area contributed by atoms with E-state index in [2.05, 4.69) is 5.43 Å². The smallest absolute Gasteiger partial charge is 0.124 e. The maximum atomic E-state index is 5.62. The summed E-state index contributed by atoms with van der Waals surface area (Å²) in [7, 11) is 5.67.